The Morgan fingerprint density at radius 1 is 1.40 bits per heavy atom. The first kappa shape index (κ1) is 17.3. The van der Waals surface area contributed by atoms with Crippen LogP contribution >= 0.6 is 24.2 Å². The molecule has 1 amide bonds. The summed E-state index contributed by atoms with van der Waals surface area (Å²) in [5.74, 6) is 1.25. The van der Waals surface area contributed by atoms with Gasteiger partial charge in [-0.1, -0.05) is 12.1 Å². The number of rotatable bonds is 6. The number of carbonyl (C=O) groups excluding carboxylic acids is 1. The molecule has 2 N–H and O–H groups in total. The van der Waals surface area contributed by atoms with Crippen molar-refractivity contribution < 1.29 is 4.79 Å². The zero-order valence-corrected chi connectivity index (χ0v) is 13.5. The minimum Gasteiger partial charge on any atom is -0.326 e. The van der Waals surface area contributed by atoms with E-state index in [9.17, 15) is 4.79 Å². The highest BCUT2D eigenvalue weighted by atomic mass is 35.5. The van der Waals surface area contributed by atoms with Crippen molar-refractivity contribution in [2.24, 2.45) is 0 Å². The lowest BCUT2D eigenvalue weighted by molar-refractivity contribution is -0.116. The van der Waals surface area contributed by atoms with Crippen LogP contribution in [0.4, 0.5) is 5.69 Å². The normalized spacial score (nSPS) is 17.6. The van der Waals surface area contributed by atoms with Gasteiger partial charge in [-0.3, -0.25) is 4.79 Å². The van der Waals surface area contributed by atoms with Crippen LogP contribution in [-0.2, 0) is 11.2 Å². The maximum Gasteiger partial charge on any atom is 0.225 e. The van der Waals surface area contributed by atoms with Gasteiger partial charge in [0.25, 0.3) is 0 Å². The molecule has 5 heteroatoms. The van der Waals surface area contributed by atoms with Gasteiger partial charge < -0.3 is 10.6 Å². The lowest BCUT2D eigenvalue weighted by atomic mass is 10.1. The molecule has 1 aliphatic rings. The van der Waals surface area contributed by atoms with Crippen molar-refractivity contribution in [3.8, 4) is 0 Å². The highest BCUT2D eigenvalue weighted by Gasteiger charge is 2.17. The first-order chi connectivity index (χ1) is 9.28. The Hall–Kier alpha value is -0.710. The predicted octanol–water partition coefficient (Wildman–Crippen LogP) is 3.09. The van der Waals surface area contributed by atoms with E-state index in [-0.39, 0.29) is 18.3 Å². The predicted molar refractivity (Wildman–Crippen MR) is 90.0 cm³/mol. The maximum atomic E-state index is 11.9. The van der Waals surface area contributed by atoms with E-state index in [1.807, 2.05) is 23.9 Å². The molecule has 0 aromatic heterocycles. The highest BCUT2D eigenvalue weighted by molar-refractivity contribution is 7.98. The molecule has 1 heterocycles. The molecule has 1 aromatic rings. The SMILES string of the molecule is CSCCc1ccc(NC(=O)CC2CCCN2)cc1.Cl. The molecule has 1 aliphatic heterocycles. The quantitative estimate of drug-likeness (QED) is 0.848. The minimum absolute atomic E-state index is 0. The zero-order valence-electron chi connectivity index (χ0n) is 11.9. The number of hydrogen-bond donors (Lipinski definition) is 2. The standard InChI is InChI=1S/C15H22N2OS.ClH/c1-19-10-8-12-4-6-13(7-5-12)17-15(18)11-14-3-2-9-16-14;/h4-7,14,16H,2-3,8-11H2,1H3,(H,17,18);1H. The van der Waals surface area contributed by atoms with Gasteiger partial charge in [0.1, 0.15) is 0 Å². The van der Waals surface area contributed by atoms with Crippen LogP contribution in [0, 0.1) is 0 Å². The Kier molecular flexibility index (Phi) is 8.04. The van der Waals surface area contributed by atoms with Gasteiger partial charge in [0.15, 0.2) is 0 Å². The van der Waals surface area contributed by atoms with Gasteiger partial charge in [0.05, 0.1) is 0 Å². The molecule has 1 unspecified atom stereocenters. The van der Waals surface area contributed by atoms with E-state index >= 15 is 0 Å². The summed E-state index contributed by atoms with van der Waals surface area (Å²) in [7, 11) is 0. The second-order valence-electron chi connectivity index (χ2n) is 4.99. The topological polar surface area (TPSA) is 41.1 Å². The van der Waals surface area contributed by atoms with Gasteiger partial charge in [-0.15, -0.1) is 12.4 Å². The summed E-state index contributed by atoms with van der Waals surface area (Å²) in [6, 6.07) is 8.55. The Labute approximate surface area is 131 Å². The van der Waals surface area contributed by atoms with Gasteiger partial charge in [0.2, 0.25) is 5.91 Å². The highest BCUT2D eigenvalue weighted by Crippen LogP contribution is 2.14. The van der Waals surface area contributed by atoms with Gasteiger partial charge in [-0.25, -0.2) is 0 Å². The molecule has 0 aliphatic carbocycles. The molecule has 20 heavy (non-hydrogen) atoms. The summed E-state index contributed by atoms with van der Waals surface area (Å²) >= 11 is 1.85. The number of nitrogens with one attached hydrogen (secondary N) is 2. The third kappa shape index (κ3) is 5.73. The summed E-state index contributed by atoms with van der Waals surface area (Å²) in [5, 5.41) is 6.31. The van der Waals surface area contributed by atoms with Crippen LogP contribution in [0.5, 0.6) is 0 Å². The summed E-state index contributed by atoms with van der Waals surface area (Å²) in [4.78, 5) is 11.9. The van der Waals surface area contributed by atoms with Crippen molar-refractivity contribution in [2.45, 2.75) is 31.7 Å². The van der Waals surface area contributed by atoms with Gasteiger partial charge in [-0.05, 0) is 55.5 Å². The third-order valence-electron chi connectivity index (χ3n) is 3.43. The fourth-order valence-electron chi connectivity index (χ4n) is 2.34. The Balaban J connectivity index is 0.00000200. The third-order valence-corrected chi connectivity index (χ3v) is 4.04. The van der Waals surface area contributed by atoms with Crippen LogP contribution in [0.2, 0.25) is 0 Å². The van der Waals surface area contributed by atoms with E-state index < -0.39 is 0 Å². The molecule has 2 rings (SSSR count). The Morgan fingerprint density at radius 3 is 2.75 bits per heavy atom. The molecule has 1 aromatic carbocycles. The Bertz CT molecular complexity index is 405. The van der Waals surface area contributed by atoms with E-state index in [1.165, 1.54) is 12.0 Å². The molecule has 1 atom stereocenters. The average Bonchev–Trinajstić information content (AvgIpc) is 2.90. The summed E-state index contributed by atoms with van der Waals surface area (Å²) in [6.07, 6.45) is 6.07. The summed E-state index contributed by atoms with van der Waals surface area (Å²) in [5.41, 5.74) is 2.22. The molecule has 0 saturated carbocycles. The van der Waals surface area contributed by atoms with Crippen LogP contribution < -0.4 is 10.6 Å². The first-order valence-electron chi connectivity index (χ1n) is 6.89. The number of carbonyl (C=O) groups is 1. The summed E-state index contributed by atoms with van der Waals surface area (Å²) < 4.78 is 0. The van der Waals surface area contributed by atoms with Crippen molar-refractivity contribution in [3.63, 3.8) is 0 Å². The van der Waals surface area contributed by atoms with E-state index in [2.05, 4.69) is 29.0 Å². The number of aryl methyl sites for hydroxylation is 1. The van der Waals surface area contributed by atoms with Crippen LogP contribution in [0.25, 0.3) is 0 Å². The van der Waals surface area contributed by atoms with Gasteiger partial charge in [-0.2, -0.15) is 11.8 Å². The van der Waals surface area contributed by atoms with Crippen LogP contribution in [0.3, 0.4) is 0 Å². The second-order valence-corrected chi connectivity index (χ2v) is 5.97. The van der Waals surface area contributed by atoms with Crippen molar-refractivity contribution >= 4 is 35.8 Å². The molecular formula is C15H23ClN2OS. The van der Waals surface area contributed by atoms with Gasteiger partial charge >= 0.3 is 0 Å². The zero-order chi connectivity index (χ0) is 13.5. The first-order valence-corrected chi connectivity index (χ1v) is 8.28. The molecule has 0 bridgehead atoms. The van der Waals surface area contributed by atoms with E-state index in [0.717, 1.165) is 30.8 Å². The van der Waals surface area contributed by atoms with Crippen molar-refractivity contribution in [1.29, 1.82) is 0 Å². The molecule has 1 saturated heterocycles. The number of halogens is 1. The number of thioether (sulfide) groups is 1. The lowest BCUT2D eigenvalue weighted by Gasteiger charge is -2.10. The molecule has 1 fully saturated rings. The molecule has 0 radical (unpaired) electrons. The summed E-state index contributed by atoms with van der Waals surface area (Å²) in [6.45, 7) is 1.04. The second kappa shape index (κ2) is 9.27. The molecule has 112 valence electrons. The largest absolute Gasteiger partial charge is 0.326 e. The fraction of sp³-hybridized carbons (Fsp3) is 0.533. The molecule has 3 nitrogen and oxygen atoms in total. The number of amides is 1. The number of benzene rings is 1. The monoisotopic (exact) mass is 314 g/mol. The van der Waals surface area contributed by atoms with Crippen LogP contribution in [0.1, 0.15) is 24.8 Å². The van der Waals surface area contributed by atoms with E-state index in [0.29, 0.717) is 12.5 Å². The molecular weight excluding hydrogens is 292 g/mol. The van der Waals surface area contributed by atoms with E-state index in [4.69, 9.17) is 0 Å². The van der Waals surface area contributed by atoms with Gasteiger partial charge in [0, 0.05) is 18.2 Å². The van der Waals surface area contributed by atoms with Crippen molar-refractivity contribution in [2.75, 3.05) is 23.9 Å². The maximum absolute atomic E-state index is 11.9. The minimum atomic E-state index is 0. The van der Waals surface area contributed by atoms with Crippen LogP contribution in [0.15, 0.2) is 24.3 Å². The number of anilines is 1. The Morgan fingerprint density at radius 2 is 2.15 bits per heavy atom. The number of hydrogen-bond acceptors (Lipinski definition) is 3. The van der Waals surface area contributed by atoms with Crippen molar-refractivity contribution in [1.82, 2.24) is 5.32 Å². The average molecular weight is 315 g/mol. The van der Waals surface area contributed by atoms with E-state index in [1.54, 1.807) is 0 Å². The lowest BCUT2D eigenvalue weighted by Crippen LogP contribution is -2.27. The fourth-order valence-corrected chi connectivity index (χ4v) is 2.78. The molecule has 0 spiro atoms. The van der Waals surface area contributed by atoms with Crippen molar-refractivity contribution in [3.05, 3.63) is 29.8 Å². The van der Waals surface area contributed by atoms with Crippen LogP contribution in [-0.4, -0.2) is 30.5 Å². The smallest absolute Gasteiger partial charge is 0.225 e.